The Morgan fingerprint density at radius 1 is 1.39 bits per heavy atom. The van der Waals surface area contributed by atoms with Crippen LogP contribution in [-0.4, -0.2) is 40.3 Å². The van der Waals surface area contributed by atoms with Gasteiger partial charge in [-0.25, -0.2) is 9.48 Å². The molecule has 1 aromatic heterocycles. The van der Waals surface area contributed by atoms with Gasteiger partial charge in [0.25, 0.3) is 0 Å². The number of carbonyl (C=O) groups is 1. The number of ether oxygens (including phenoxy) is 2. The van der Waals surface area contributed by atoms with Crippen LogP contribution in [0.5, 0.6) is 0 Å². The maximum atomic E-state index is 12.7. The zero-order chi connectivity index (χ0) is 16.4. The van der Waals surface area contributed by atoms with E-state index in [2.05, 4.69) is 10.3 Å². The number of hydrogen-bond acceptors (Lipinski definition) is 5. The lowest BCUT2D eigenvalue weighted by atomic mass is 10.2. The van der Waals surface area contributed by atoms with Gasteiger partial charge >= 0.3 is 12.1 Å². The van der Waals surface area contributed by atoms with Crippen LogP contribution in [0.25, 0.3) is 5.69 Å². The van der Waals surface area contributed by atoms with Gasteiger partial charge < -0.3 is 9.47 Å². The average molecular weight is 327 g/mol. The minimum Gasteiger partial charge on any atom is -0.455 e. The van der Waals surface area contributed by atoms with Crippen molar-refractivity contribution in [2.75, 3.05) is 13.2 Å². The maximum Gasteiger partial charge on any atom is 0.416 e. The number of alkyl halides is 3. The number of benzene rings is 1. The van der Waals surface area contributed by atoms with Crippen LogP contribution in [-0.2, 0) is 15.7 Å². The molecule has 0 N–H and O–H groups in total. The van der Waals surface area contributed by atoms with Crippen LogP contribution in [0.3, 0.4) is 0 Å². The van der Waals surface area contributed by atoms with Gasteiger partial charge in [-0.2, -0.15) is 13.2 Å². The summed E-state index contributed by atoms with van der Waals surface area (Å²) < 4.78 is 49.5. The summed E-state index contributed by atoms with van der Waals surface area (Å²) in [6.07, 6.45) is -2.96. The first kappa shape index (κ1) is 15.5. The second-order valence-corrected chi connectivity index (χ2v) is 4.99. The number of carbonyl (C=O) groups excluding carboxylic acids is 1. The SMILES string of the molecule is O=C(OC1CCOC1)c1cn(-c2cccc(C(F)(F)F)c2)nn1. The van der Waals surface area contributed by atoms with E-state index in [4.69, 9.17) is 9.47 Å². The minimum absolute atomic E-state index is 0.0747. The van der Waals surface area contributed by atoms with Crippen molar-refractivity contribution < 1.29 is 27.4 Å². The minimum atomic E-state index is -4.46. The molecule has 0 radical (unpaired) electrons. The van der Waals surface area contributed by atoms with Crippen LogP contribution in [0.15, 0.2) is 30.5 Å². The van der Waals surface area contributed by atoms with E-state index in [9.17, 15) is 18.0 Å². The number of aromatic nitrogens is 3. The molecule has 23 heavy (non-hydrogen) atoms. The van der Waals surface area contributed by atoms with Gasteiger partial charge in [-0.05, 0) is 18.2 Å². The molecular formula is C14H12F3N3O3. The molecule has 122 valence electrons. The third kappa shape index (κ3) is 3.50. The summed E-state index contributed by atoms with van der Waals surface area (Å²) >= 11 is 0. The molecule has 1 fully saturated rings. The molecule has 9 heteroatoms. The fraction of sp³-hybridized carbons (Fsp3) is 0.357. The van der Waals surface area contributed by atoms with Crippen molar-refractivity contribution in [2.45, 2.75) is 18.7 Å². The summed E-state index contributed by atoms with van der Waals surface area (Å²) in [5.41, 5.74) is -0.734. The zero-order valence-electron chi connectivity index (χ0n) is 11.8. The van der Waals surface area contributed by atoms with Crippen LogP contribution < -0.4 is 0 Å². The van der Waals surface area contributed by atoms with E-state index in [-0.39, 0.29) is 17.5 Å². The lowest BCUT2D eigenvalue weighted by Crippen LogP contribution is -2.18. The van der Waals surface area contributed by atoms with Crippen molar-refractivity contribution in [3.8, 4) is 5.69 Å². The summed E-state index contributed by atoms with van der Waals surface area (Å²) in [5, 5.41) is 7.32. The normalized spacial score (nSPS) is 18.1. The monoisotopic (exact) mass is 327 g/mol. The number of hydrogen-bond donors (Lipinski definition) is 0. The first-order valence-corrected chi connectivity index (χ1v) is 6.82. The molecule has 0 aliphatic carbocycles. The molecule has 1 aromatic carbocycles. The van der Waals surface area contributed by atoms with Gasteiger partial charge in [-0.3, -0.25) is 0 Å². The second-order valence-electron chi connectivity index (χ2n) is 4.99. The lowest BCUT2D eigenvalue weighted by Gasteiger charge is -2.08. The largest absolute Gasteiger partial charge is 0.455 e. The maximum absolute atomic E-state index is 12.7. The predicted octanol–water partition coefficient (Wildman–Crippen LogP) is 2.23. The average Bonchev–Trinajstić information content (AvgIpc) is 3.17. The van der Waals surface area contributed by atoms with Crippen molar-refractivity contribution >= 4 is 5.97 Å². The summed E-state index contributed by atoms with van der Waals surface area (Å²) in [4.78, 5) is 11.9. The van der Waals surface area contributed by atoms with E-state index in [1.165, 1.54) is 18.3 Å². The molecule has 1 aliphatic heterocycles. The highest BCUT2D eigenvalue weighted by Crippen LogP contribution is 2.30. The van der Waals surface area contributed by atoms with E-state index in [0.717, 1.165) is 16.8 Å². The third-order valence-electron chi connectivity index (χ3n) is 3.30. The van der Waals surface area contributed by atoms with E-state index in [1.54, 1.807) is 0 Å². The molecule has 1 saturated heterocycles. The number of nitrogens with zero attached hydrogens (tertiary/aromatic N) is 3. The number of halogens is 3. The van der Waals surface area contributed by atoms with Gasteiger partial charge in [-0.15, -0.1) is 5.10 Å². The molecule has 1 atom stereocenters. The highest BCUT2D eigenvalue weighted by molar-refractivity contribution is 5.87. The van der Waals surface area contributed by atoms with E-state index in [0.29, 0.717) is 19.6 Å². The zero-order valence-corrected chi connectivity index (χ0v) is 11.8. The Morgan fingerprint density at radius 2 is 2.22 bits per heavy atom. The van der Waals surface area contributed by atoms with E-state index < -0.39 is 17.7 Å². The van der Waals surface area contributed by atoms with Gasteiger partial charge in [0, 0.05) is 6.42 Å². The van der Waals surface area contributed by atoms with E-state index in [1.807, 2.05) is 0 Å². The van der Waals surface area contributed by atoms with Gasteiger partial charge in [0.15, 0.2) is 5.69 Å². The summed E-state index contributed by atoms with van der Waals surface area (Å²) in [5.74, 6) is -0.682. The van der Waals surface area contributed by atoms with Gasteiger partial charge in [0.05, 0.1) is 30.7 Å². The first-order valence-electron chi connectivity index (χ1n) is 6.82. The fourth-order valence-electron chi connectivity index (χ4n) is 2.13. The molecule has 6 nitrogen and oxygen atoms in total. The fourth-order valence-corrected chi connectivity index (χ4v) is 2.13. The van der Waals surface area contributed by atoms with Crippen molar-refractivity contribution in [3.63, 3.8) is 0 Å². The first-order chi connectivity index (χ1) is 10.9. The molecule has 0 bridgehead atoms. The van der Waals surface area contributed by atoms with Crippen molar-refractivity contribution in [3.05, 3.63) is 41.7 Å². The Morgan fingerprint density at radius 3 is 2.91 bits per heavy atom. The van der Waals surface area contributed by atoms with Crippen LogP contribution >= 0.6 is 0 Å². The van der Waals surface area contributed by atoms with Gasteiger partial charge in [-0.1, -0.05) is 11.3 Å². The highest BCUT2D eigenvalue weighted by Gasteiger charge is 2.30. The molecule has 2 heterocycles. The number of rotatable bonds is 3. The van der Waals surface area contributed by atoms with Crippen LogP contribution in [0, 0.1) is 0 Å². The van der Waals surface area contributed by atoms with Crippen molar-refractivity contribution in [1.29, 1.82) is 0 Å². The molecule has 0 spiro atoms. The van der Waals surface area contributed by atoms with Crippen molar-refractivity contribution in [2.24, 2.45) is 0 Å². The van der Waals surface area contributed by atoms with E-state index >= 15 is 0 Å². The Hall–Kier alpha value is -2.42. The summed E-state index contributed by atoms with van der Waals surface area (Å²) in [6, 6.07) is 4.57. The topological polar surface area (TPSA) is 66.2 Å². The van der Waals surface area contributed by atoms with Crippen LogP contribution in [0.4, 0.5) is 13.2 Å². The molecule has 1 unspecified atom stereocenters. The molecule has 3 rings (SSSR count). The number of esters is 1. The molecule has 1 aliphatic rings. The smallest absolute Gasteiger partial charge is 0.416 e. The summed E-state index contributed by atoms with van der Waals surface area (Å²) in [6.45, 7) is 0.850. The second kappa shape index (κ2) is 5.99. The Balaban J connectivity index is 1.77. The van der Waals surface area contributed by atoms with Crippen LogP contribution in [0.1, 0.15) is 22.5 Å². The Bertz CT molecular complexity index is 709. The van der Waals surface area contributed by atoms with Crippen LogP contribution in [0.2, 0.25) is 0 Å². The Kier molecular flexibility index (Phi) is 4.03. The standard InChI is InChI=1S/C14H12F3N3O3/c15-14(16,17)9-2-1-3-10(6-9)20-7-12(18-19-20)13(21)23-11-4-5-22-8-11/h1-3,6-7,11H,4-5,8H2. The van der Waals surface area contributed by atoms with Gasteiger partial charge in [0.1, 0.15) is 6.10 Å². The summed E-state index contributed by atoms with van der Waals surface area (Å²) in [7, 11) is 0. The highest BCUT2D eigenvalue weighted by atomic mass is 19.4. The molecule has 0 amide bonds. The third-order valence-corrected chi connectivity index (χ3v) is 3.30. The molecule has 0 saturated carbocycles. The lowest BCUT2D eigenvalue weighted by molar-refractivity contribution is -0.137. The predicted molar refractivity (Wildman–Crippen MR) is 71.0 cm³/mol. The van der Waals surface area contributed by atoms with Crippen molar-refractivity contribution in [1.82, 2.24) is 15.0 Å². The van der Waals surface area contributed by atoms with Gasteiger partial charge in [0.2, 0.25) is 0 Å². The quantitative estimate of drug-likeness (QED) is 0.809. The molecular weight excluding hydrogens is 315 g/mol. The molecule has 2 aromatic rings. The Labute approximate surface area is 128 Å².